The Morgan fingerprint density at radius 1 is 1.32 bits per heavy atom. The summed E-state index contributed by atoms with van der Waals surface area (Å²) in [6, 6.07) is 5.95. The third-order valence-corrected chi connectivity index (χ3v) is 4.65. The summed E-state index contributed by atoms with van der Waals surface area (Å²) in [5.41, 5.74) is 3.18. The summed E-state index contributed by atoms with van der Waals surface area (Å²) in [5, 5.41) is 9.63. The Morgan fingerprint density at radius 2 is 2.12 bits per heavy atom. The van der Waals surface area contributed by atoms with Gasteiger partial charge in [-0.2, -0.15) is 5.10 Å². The molecule has 1 aromatic heterocycles. The quantitative estimate of drug-likeness (QED) is 0.887. The molecular weight excluding hydrogens is 318 g/mol. The first-order valence-electron chi connectivity index (χ1n) is 8.47. The number of carbonyl (C=O) groups excluding carboxylic acids is 2. The molecule has 0 spiro atoms. The minimum Gasteiger partial charge on any atom is -0.348 e. The molecule has 132 valence electrons. The Kier molecular flexibility index (Phi) is 4.83. The summed E-state index contributed by atoms with van der Waals surface area (Å²) < 4.78 is 0. The minimum atomic E-state index is -0.223. The number of carbonyl (C=O) groups is 2. The summed E-state index contributed by atoms with van der Waals surface area (Å²) in [6.45, 7) is 6.57. The van der Waals surface area contributed by atoms with Gasteiger partial charge in [0.2, 0.25) is 11.8 Å². The highest BCUT2D eigenvalue weighted by molar-refractivity contribution is 5.96. The lowest BCUT2D eigenvalue weighted by atomic mass is 9.95. The molecule has 2 heterocycles. The number of H-pyrrole nitrogens is 1. The summed E-state index contributed by atoms with van der Waals surface area (Å²) >= 11 is 0. The molecule has 2 N–H and O–H groups in total. The van der Waals surface area contributed by atoms with Crippen LogP contribution in [0.4, 0.5) is 5.69 Å². The van der Waals surface area contributed by atoms with Crippen molar-refractivity contribution in [1.29, 1.82) is 0 Å². The van der Waals surface area contributed by atoms with Crippen LogP contribution in [-0.4, -0.2) is 33.5 Å². The van der Waals surface area contributed by atoms with Crippen LogP contribution in [0.15, 0.2) is 18.2 Å². The molecule has 1 fully saturated rings. The monoisotopic (exact) mass is 341 g/mol. The van der Waals surface area contributed by atoms with E-state index in [4.69, 9.17) is 0 Å². The number of rotatable bonds is 4. The molecule has 1 aromatic carbocycles. The number of hydrogen-bond acceptors (Lipinski definition) is 4. The molecule has 1 aliphatic rings. The summed E-state index contributed by atoms with van der Waals surface area (Å²) in [4.78, 5) is 30.7. The predicted molar refractivity (Wildman–Crippen MR) is 94.0 cm³/mol. The molecule has 1 aliphatic heterocycles. The van der Waals surface area contributed by atoms with Gasteiger partial charge in [0.15, 0.2) is 5.82 Å². The van der Waals surface area contributed by atoms with Crippen LogP contribution in [0, 0.1) is 26.7 Å². The zero-order valence-electron chi connectivity index (χ0n) is 14.8. The fourth-order valence-electron chi connectivity index (χ4n) is 2.98. The molecular formula is C18H23N5O2. The van der Waals surface area contributed by atoms with Crippen molar-refractivity contribution in [1.82, 2.24) is 20.5 Å². The van der Waals surface area contributed by atoms with Gasteiger partial charge in [-0.3, -0.25) is 14.7 Å². The van der Waals surface area contributed by atoms with Crippen LogP contribution in [0.1, 0.15) is 35.6 Å². The lowest BCUT2D eigenvalue weighted by Crippen LogP contribution is -2.45. The lowest BCUT2D eigenvalue weighted by molar-refractivity contribution is -0.127. The van der Waals surface area contributed by atoms with Gasteiger partial charge in [0.25, 0.3) is 0 Å². The van der Waals surface area contributed by atoms with Crippen LogP contribution in [-0.2, 0) is 16.1 Å². The molecule has 2 aromatic rings. The smallest absolute Gasteiger partial charge is 0.227 e. The fraction of sp³-hybridized carbons (Fsp3) is 0.444. The zero-order chi connectivity index (χ0) is 18.0. The fourth-order valence-corrected chi connectivity index (χ4v) is 2.98. The highest BCUT2D eigenvalue weighted by Crippen LogP contribution is 2.26. The van der Waals surface area contributed by atoms with Crippen LogP contribution >= 0.6 is 0 Å². The van der Waals surface area contributed by atoms with Gasteiger partial charge in [-0.05, 0) is 50.5 Å². The van der Waals surface area contributed by atoms with Gasteiger partial charge in [0, 0.05) is 18.7 Å². The number of piperidine rings is 1. The van der Waals surface area contributed by atoms with Crippen LogP contribution in [0.25, 0.3) is 0 Å². The van der Waals surface area contributed by atoms with Crippen molar-refractivity contribution in [2.45, 2.75) is 40.2 Å². The van der Waals surface area contributed by atoms with Crippen molar-refractivity contribution in [3.63, 3.8) is 0 Å². The van der Waals surface area contributed by atoms with E-state index in [9.17, 15) is 9.59 Å². The summed E-state index contributed by atoms with van der Waals surface area (Å²) in [6.07, 6.45) is 0.948. The SMILES string of the molecule is Cc1nc(CNC(=O)[C@H]2CCC(=O)N(c3ccc(C)c(C)c3)C2)n[nH]1. The second-order valence-corrected chi connectivity index (χ2v) is 6.56. The molecule has 0 unspecified atom stereocenters. The van der Waals surface area contributed by atoms with Crippen molar-refractivity contribution in [3.05, 3.63) is 41.0 Å². The zero-order valence-corrected chi connectivity index (χ0v) is 14.8. The molecule has 0 saturated carbocycles. The number of aromatic amines is 1. The van der Waals surface area contributed by atoms with E-state index in [1.807, 2.05) is 39.0 Å². The van der Waals surface area contributed by atoms with Crippen molar-refractivity contribution < 1.29 is 9.59 Å². The van der Waals surface area contributed by atoms with Crippen LogP contribution in [0.3, 0.4) is 0 Å². The third-order valence-electron chi connectivity index (χ3n) is 4.65. The number of nitrogens with one attached hydrogen (secondary N) is 2. The van der Waals surface area contributed by atoms with Gasteiger partial charge in [-0.1, -0.05) is 6.07 Å². The minimum absolute atomic E-state index is 0.0659. The average Bonchev–Trinajstić information content (AvgIpc) is 3.01. The van der Waals surface area contributed by atoms with Crippen molar-refractivity contribution >= 4 is 17.5 Å². The lowest BCUT2D eigenvalue weighted by Gasteiger charge is -2.32. The number of aromatic nitrogens is 3. The van der Waals surface area contributed by atoms with E-state index >= 15 is 0 Å². The first-order valence-corrected chi connectivity index (χ1v) is 8.47. The molecule has 25 heavy (non-hydrogen) atoms. The Hall–Kier alpha value is -2.70. The maximum Gasteiger partial charge on any atom is 0.227 e. The van der Waals surface area contributed by atoms with E-state index in [1.165, 1.54) is 5.56 Å². The normalized spacial score (nSPS) is 17.6. The number of anilines is 1. The number of amides is 2. The van der Waals surface area contributed by atoms with Gasteiger partial charge >= 0.3 is 0 Å². The molecule has 0 bridgehead atoms. The van der Waals surface area contributed by atoms with Crippen LogP contribution in [0.5, 0.6) is 0 Å². The molecule has 0 aliphatic carbocycles. The standard InChI is InChI=1S/C18H23N5O2/c1-11-4-6-15(8-12(11)2)23-10-14(5-7-17(23)24)18(25)19-9-16-20-13(3)21-22-16/h4,6,8,14H,5,7,9-10H2,1-3H3,(H,19,25)(H,20,21,22)/t14-/m0/s1. The average molecular weight is 341 g/mol. The van der Waals surface area contributed by atoms with E-state index in [-0.39, 0.29) is 24.3 Å². The molecule has 0 radical (unpaired) electrons. The van der Waals surface area contributed by atoms with Crippen LogP contribution < -0.4 is 10.2 Å². The maximum absolute atomic E-state index is 12.5. The van der Waals surface area contributed by atoms with Gasteiger partial charge in [-0.15, -0.1) is 0 Å². The molecule has 3 rings (SSSR count). The van der Waals surface area contributed by atoms with Gasteiger partial charge in [0.1, 0.15) is 5.82 Å². The third kappa shape index (κ3) is 3.87. The number of aryl methyl sites for hydroxylation is 3. The second-order valence-electron chi connectivity index (χ2n) is 6.56. The summed E-state index contributed by atoms with van der Waals surface area (Å²) in [7, 11) is 0. The van der Waals surface area contributed by atoms with E-state index in [1.54, 1.807) is 4.90 Å². The second kappa shape index (κ2) is 7.04. The predicted octanol–water partition coefficient (Wildman–Crippen LogP) is 1.79. The summed E-state index contributed by atoms with van der Waals surface area (Å²) in [5.74, 6) is 1.05. The molecule has 7 heteroatoms. The topological polar surface area (TPSA) is 91.0 Å². The number of nitrogens with zero attached hydrogens (tertiary/aromatic N) is 3. The van der Waals surface area contributed by atoms with E-state index < -0.39 is 0 Å². The Bertz CT molecular complexity index is 799. The van der Waals surface area contributed by atoms with Crippen molar-refractivity contribution in [2.75, 3.05) is 11.4 Å². The highest BCUT2D eigenvalue weighted by atomic mass is 16.2. The molecule has 2 amide bonds. The van der Waals surface area contributed by atoms with Crippen LogP contribution in [0.2, 0.25) is 0 Å². The van der Waals surface area contributed by atoms with Gasteiger partial charge in [-0.25, -0.2) is 4.98 Å². The Labute approximate surface area is 146 Å². The molecule has 1 saturated heterocycles. The number of benzene rings is 1. The van der Waals surface area contributed by atoms with E-state index in [2.05, 4.69) is 20.5 Å². The molecule has 7 nitrogen and oxygen atoms in total. The van der Waals surface area contributed by atoms with E-state index in [0.29, 0.717) is 31.0 Å². The Morgan fingerprint density at radius 3 is 2.80 bits per heavy atom. The maximum atomic E-state index is 12.5. The van der Waals surface area contributed by atoms with Gasteiger partial charge < -0.3 is 10.2 Å². The highest BCUT2D eigenvalue weighted by Gasteiger charge is 2.31. The van der Waals surface area contributed by atoms with Crippen molar-refractivity contribution in [3.8, 4) is 0 Å². The van der Waals surface area contributed by atoms with Crippen molar-refractivity contribution in [2.24, 2.45) is 5.92 Å². The first-order chi connectivity index (χ1) is 11.9. The number of hydrogen-bond donors (Lipinski definition) is 2. The largest absolute Gasteiger partial charge is 0.348 e. The van der Waals surface area contributed by atoms with E-state index in [0.717, 1.165) is 11.3 Å². The van der Waals surface area contributed by atoms with Gasteiger partial charge in [0.05, 0.1) is 12.5 Å². The molecule has 1 atom stereocenters. The Balaban J connectivity index is 1.65. The first kappa shape index (κ1) is 17.1.